The van der Waals surface area contributed by atoms with E-state index in [2.05, 4.69) is 49.3 Å². The minimum Gasteiger partial charge on any atom is -0.449 e. The number of nitrogens with one attached hydrogen (secondary N) is 2. The minimum atomic E-state index is -1.48. The summed E-state index contributed by atoms with van der Waals surface area (Å²) in [5.41, 5.74) is 4.90. The normalized spacial score (nSPS) is 34.9. The van der Waals surface area contributed by atoms with Crippen LogP contribution in [0.15, 0.2) is 72.1 Å². The summed E-state index contributed by atoms with van der Waals surface area (Å²) in [5, 5.41) is 49.8. The van der Waals surface area contributed by atoms with Gasteiger partial charge in [-0.1, -0.05) is 51.0 Å². The first kappa shape index (κ1) is 62.5. The number of fused-ring (bicyclic) bond motifs is 12. The molecule has 87 heavy (non-hydrogen) atoms. The van der Waals surface area contributed by atoms with Crippen molar-refractivity contribution in [3.8, 4) is 11.4 Å². The van der Waals surface area contributed by atoms with Gasteiger partial charge in [0.1, 0.15) is 11.6 Å². The molecule has 466 valence electrons. The molecule has 2 heterocycles. The van der Waals surface area contributed by atoms with Crippen LogP contribution in [0.5, 0.6) is 0 Å². The highest BCUT2D eigenvalue weighted by Gasteiger charge is 2.72. The van der Waals surface area contributed by atoms with Gasteiger partial charge in [0.15, 0.2) is 5.60 Å². The van der Waals surface area contributed by atoms with Crippen molar-refractivity contribution in [3.05, 3.63) is 106 Å². The van der Waals surface area contributed by atoms with E-state index in [0.717, 1.165) is 103 Å². The highest BCUT2D eigenvalue weighted by Crippen LogP contribution is 2.70. The number of hydrogen-bond acceptors (Lipinski definition) is 14. The second-order valence-corrected chi connectivity index (χ2v) is 30.7. The van der Waals surface area contributed by atoms with E-state index in [1.165, 1.54) is 11.1 Å². The maximum absolute atomic E-state index is 13.7. The number of aromatic nitrogens is 4. The molecule has 7 saturated carbocycles. The Hall–Kier alpha value is -4.70. The fraction of sp³-hybridized carbons (Fsp3) is 0.597. The van der Waals surface area contributed by atoms with Gasteiger partial charge >= 0.3 is 5.97 Å². The van der Waals surface area contributed by atoms with E-state index < -0.39 is 50.5 Å². The Labute approximate surface area is 527 Å². The number of aliphatic hydroxyl groups is 3. The maximum Gasteiger partial charge on any atom is 0.309 e. The number of rotatable bonds is 15. The largest absolute Gasteiger partial charge is 0.449 e. The molecule has 5 N–H and O–H groups in total. The fourth-order valence-electron chi connectivity index (χ4n) is 18.7. The van der Waals surface area contributed by atoms with Crippen LogP contribution in [0.3, 0.4) is 0 Å². The van der Waals surface area contributed by atoms with E-state index in [-0.39, 0.29) is 70.0 Å². The second-order valence-electron chi connectivity index (χ2n) is 27.4. The third-order valence-corrected chi connectivity index (χ3v) is 25.4. The summed E-state index contributed by atoms with van der Waals surface area (Å²) in [4.78, 5) is 64.6. The number of alkyl halides is 1. The Morgan fingerprint density at radius 3 is 1.66 bits per heavy atom. The number of halogens is 1. The molecule has 0 saturated heterocycles. The molecule has 13 rings (SSSR count). The van der Waals surface area contributed by atoms with Crippen molar-refractivity contribution in [1.82, 2.24) is 30.2 Å². The van der Waals surface area contributed by atoms with E-state index >= 15 is 0 Å². The smallest absolute Gasteiger partial charge is 0.309 e. The first-order chi connectivity index (χ1) is 41.6. The van der Waals surface area contributed by atoms with Gasteiger partial charge < -0.3 is 30.7 Å². The van der Waals surface area contributed by atoms with E-state index in [9.17, 15) is 43.7 Å². The second kappa shape index (κ2) is 23.8. The lowest BCUT2D eigenvalue weighted by Crippen LogP contribution is -2.62. The topological polar surface area (TPSA) is 215 Å². The van der Waals surface area contributed by atoms with E-state index in [1.807, 2.05) is 96.6 Å². The molecule has 15 nitrogen and oxygen atoms in total. The standard InChI is InChI=1S/C36H44FN3O5S2.C31H39N3O4S2/c1-34-17-23-19-39-40(25-6-4-5-22(15-25)31(42)38-13-14-46-3)28(23)16-24(34)9-10-26-27-11-12-36(33(44)47-20-37,45-32(43)21-7-8-21)35(27,2)18-29(41)30(26)34;1-29-15-19-17-33-34(21-6-4-5-18(13-21)27(36)32-11-12-40-3)24(19)14-20(29)7-8-22-23-9-10-31(38,28(37)39)30(23,2)16-25(35)26(22)29/h4-6,15-16,19,21,26-27,29-30,41H,7-14,17-18,20H2,1-3H3,(H,38,42);4-6,13-14,17,22-23,25-26,35,38H,7-12,15-16H2,1-3H3,(H,32,36)(H,37,39)/t26-,27-,29-,30+,34-,35-,36-;22-,23-,25-,26+,29-,30-,31-/m00/s1. The predicted molar refractivity (Wildman–Crippen MR) is 343 cm³/mol. The van der Waals surface area contributed by atoms with Gasteiger partial charge in [0.25, 0.3) is 11.8 Å². The van der Waals surface area contributed by atoms with Crippen LogP contribution < -0.4 is 10.6 Å². The molecule has 7 fully saturated rings. The SMILES string of the molecule is CSCCNC(=O)c1cccc(-n2ncc3c2C=C2CC[C@@H]4[C@H]([C@@H](O)C[C@@]5(C)[C@H]4CC[C@]5(O)C(=O)S)[C@@]2(C)C3)c1.CSCCNC(=O)c1cccc(-n2ncc3c2C=C2CC[C@@H]4[C@H]([C@@H](O)C[C@@]5(C)[C@H]4CC[C@]5(OC(=O)C4CC4)C(=O)SCF)[C@@]2(C)C3)c1. The quantitative estimate of drug-likeness (QED) is 0.0371. The summed E-state index contributed by atoms with van der Waals surface area (Å²) in [6.07, 6.45) is 20.6. The van der Waals surface area contributed by atoms with Crippen molar-refractivity contribution < 1.29 is 48.4 Å². The van der Waals surface area contributed by atoms with Crippen LogP contribution in [0, 0.1) is 63.1 Å². The summed E-state index contributed by atoms with van der Waals surface area (Å²) < 4.78 is 23.6. The number of thioether (sulfide) groups is 3. The zero-order valence-electron chi connectivity index (χ0n) is 50.7. The predicted octanol–water partition coefficient (Wildman–Crippen LogP) is 10.3. The Morgan fingerprint density at radius 1 is 0.701 bits per heavy atom. The summed E-state index contributed by atoms with van der Waals surface area (Å²) in [6, 6.07) is 14.3. The molecular formula is C67H83FN6O9S4. The molecule has 0 radical (unpaired) electrons. The molecule has 0 bridgehead atoms. The Balaban J connectivity index is 0.000000172. The van der Waals surface area contributed by atoms with Crippen molar-refractivity contribution in [2.24, 2.45) is 63.1 Å². The van der Waals surface area contributed by atoms with Gasteiger partial charge in [-0.25, -0.2) is 13.8 Å². The molecular weight excluding hydrogens is 1180 g/mol. The number of nitrogens with zero attached hydrogens (tertiary/aromatic N) is 4. The lowest BCUT2D eigenvalue weighted by Gasteiger charge is -2.60. The third kappa shape index (κ3) is 10.3. The molecule has 0 spiro atoms. The summed E-state index contributed by atoms with van der Waals surface area (Å²) in [6.45, 7) is 9.79. The highest BCUT2D eigenvalue weighted by atomic mass is 32.2. The number of amides is 2. The van der Waals surface area contributed by atoms with Crippen LogP contribution in [0.2, 0.25) is 0 Å². The Bertz CT molecular complexity index is 3460. The van der Waals surface area contributed by atoms with Gasteiger partial charge in [-0.05, 0) is 220 Å². The molecule has 2 aromatic heterocycles. The van der Waals surface area contributed by atoms with Crippen molar-refractivity contribution in [2.75, 3.05) is 43.1 Å². The summed E-state index contributed by atoms with van der Waals surface area (Å²) >= 11 is 8.06. The number of aliphatic hydroxyl groups excluding tert-OH is 2. The number of allylic oxidation sites excluding steroid dienone is 2. The number of thiol groups is 1. The molecule has 4 aromatic rings. The van der Waals surface area contributed by atoms with E-state index in [0.29, 0.717) is 68.1 Å². The molecule has 20 heteroatoms. The molecule has 0 unspecified atom stereocenters. The van der Waals surface area contributed by atoms with Crippen LogP contribution in [0.1, 0.15) is 148 Å². The minimum absolute atomic E-state index is 0.0377. The van der Waals surface area contributed by atoms with Crippen LogP contribution in [0.25, 0.3) is 23.5 Å². The average molecular weight is 1260 g/mol. The molecule has 0 aliphatic heterocycles. The average Bonchev–Trinajstić information content (AvgIpc) is 1.66. The van der Waals surface area contributed by atoms with Crippen molar-refractivity contribution >= 4 is 88.1 Å². The monoisotopic (exact) mass is 1260 g/mol. The number of esters is 1. The first-order valence-corrected chi connectivity index (χ1v) is 35.4. The molecule has 2 aromatic carbocycles. The van der Waals surface area contributed by atoms with Crippen molar-refractivity contribution in [3.63, 3.8) is 0 Å². The van der Waals surface area contributed by atoms with Gasteiger partial charge in [-0.15, -0.1) is 12.6 Å². The number of ether oxygens (including phenoxy) is 1. The fourth-order valence-corrected chi connectivity index (χ4v) is 20.4. The number of benzene rings is 2. The number of carbonyl (C=O) groups excluding carboxylic acids is 5. The van der Waals surface area contributed by atoms with Gasteiger partial charge in [0, 0.05) is 46.6 Å². The van der Waals surface area contributed by atoms with Crippen LogP contribution in [0.4, 0.5) is 4.39 Å². The van der Waals surface area contributed by atoms with Crippen molar-refractivity contribution in [1.29, 1.82) is 0 Å². The summed E-state index contributed by atoms with van der Waals surface area (Å²) in [7, 11) is 0. The third-order valence-electron chi connectivity index (χ3n) is 23.1. The summed E-state index contributed by atoms with van der Waals surface area (Å²) in [5.74, 6) is 1.62. The van der Waals surface area contributed by atoms with Gasteiger partial charge in [-0.3, -0.25) is 24.0 Å². The van der Waals surface area contributed by atoms with Crippen LogP contribution in [-0.2, 0) is 32.0 Å². The number of carbonyl (C=O) groups is 5. The van der Waals surface area contributed by atoms with Crippen LogP contribution >= 0.6 is 47.9 Å². The lowest BCUT2D eigenvalue weighted by atomic mass is 9.45. The molecule has 9 aliphatic carbocycles. The first-order valence-electron chi connectivity index (χ1n) is 31.2. The van der Waals surface area contributed by atoms with Gasteiger partial charge in [0.2, 0.25) is 10.2 Å². The zero-order valence-corrected chi connectivity index (χ0v) is 54.0. The zero-order chi connectivity index (χ0) is 61.6. The number of hydrogen-bond donors (Lipinski definition) is 6. The van der Waals surface area contributed by atoms with E-state index in [1.54, 1.807) is 23.5 Å². The Kier molecular flexibility index (Phi) is 17.1. The maximum atomic E-state index is 13.7. The van der Waals surface area contributed by atoms with E-state index in [4.69, 9.17) is 14.9 Å². The lowest BCUT2D eigenvalue weighted by molar-refractivity contribution is -0.197. The molecule has 9 aliphatic rings. The van der Waals surface area contributed by atoms with Crippen molar-refractivity contribution in [2.45, 2.75) is 141 Å². The highest BCUT2D eigenvalue weighted by molar-refractivity contribution is 8.13. The molecule has 14 atom stereocenters. The van der Waals surface area contributed by atoms with Gasteiger partial charge in [-0.2, -0.15) is 33.7 Å². The molecule has 2 amide bonds. The van der Waals surface area contributed by atoms with Crippen LogP contribution in [-0.4, -0.2) is 129 Å². The van der Waals surface area contributed by atoms with Gasteiger partial charge in [0.05, 0.1) is 53.3 Å². The Morgan fingerprint density at radius 2 is 1.18 bits per heavy atom.